The first-order chi connectivity index (χ1) is 8.58. The molecule has 2 aromatic rings. The fraction of sp³-hybridized carbons (Fsp3) is 0.154. The number of rotatable bonds is 3. The monoisotopic (exact) mass is 325 g/mol. The molecule has 0 aliphatic carbocycles. The second-order valence-corrected chi connectivity index (χ2v) is 5.29. The quantitative estimate of drug-likeness (QED) is 0.909. The average molecular weight is 327 g/mol. The standard InChI is InChI=1S/C13H13BrClN3/c14-10-6-8(3-4-11(10)15)12(16)7-9-2-1-5-18-13(9)17/h1-6,12H,7,16H2,(H2,17,18). The van der Waals surface area contributed by atoms with Crippen molar-refractivity contribution in [2.24, 2.45) is 5.73 Å². The molecule has 0 aliphatic rings. The van der Waals surface area contributed by atoms with Gasteiger partial charge in [0.15, 0.2) is 0 Å². The van der Waals surface area contributed by atoms with Crippen LogP contribution in [0, 0.1) is 0 Å². The third kappa shape index (κ3) is 3.02. The molecule has 0 fully saturated rings. The Bertz CT molecular complexity index is 560. The molecule has 1 atom stereocenters. The molecule has 0 spiro atoms. The van der Waals surface area contributed by atoms with Crippen molar-refractivity contribution in [3.8, 4) is 0 Å². The molecule has 94 valence electrons. The molecule has 1 aromatic carbocycles. The maximum Gasteiger partial charge on any atom is 0.126 e. The van der Waals surface area contributed by atoms with Gasteiger partial charge < -0.3 is 11.5 Å². The molecule has 0 saturated carbocycles. The average Bonchev–Trinajstić information content (AvgIpc) is 2.35. The molecule has 0 amide bonds. The van der Waals surface area contributed by atoms with E-state index in [0.717, 1.165) is 15.6 Å². The van der Waals surface area contributed by atoms with Crippen LogP contribution in [0.2, 0.25) is 5.02 Å². The predicted molar refractivity (Wildman–Crippen MR) is 78.4 cm³/mol. The van der Waals surface area contributed by atoms with Crippen LogP contribution in [0.5, 0.6) is 0 Å². The van der Waals surface area contributed by atoms with Crippen LogP contribution in [0.3, 0.4) is 0 Å². The third-order valence-electron chi connectivity index (χ3n) is 2.74. The number of anilines is 1. The van der Waals surface area contributed by atoms with Crippen molar-refractivity contribution in [1.29, 1.82) is 0 Å². The minimum absolute atomic E-state index is 0.134. The van der Waals surface area contributed by atoms with E-state index in [4.69, 9.17) is 23.1 Å². The van der Waals surface area contributed by atoms with Crippen LogP contribution >= 0.6 is 27.5 Å². The van der Waals surface area contributed by atoms with E-state index < -0.39 is 0 Å². The van der Waals surface area contributed by atoms with Gasteiger partial charge in [0.2, 0.25) is 0 Å². The number of aromatic nitrogens is 1. The highest BCUT2D eigenvalue weighted by Crippen LogP contribution is 2.27. The lowest BCUT2D eigenvalue weighted by Crippen LogP contribution is -2.14. The van der Waals surface area contributed by atoms with Gasteiger partial charge >= 0.3 is 0 Å². The first kappa shape index (κ1) is 13.3. The molecule has 18 heavy (non-hydrogen) atoms. The van der Waals surface area contributed by atoms with Crippen LogP contribution in [0.15, 0.2) is 41.0 Å². The second-order valence-electron chi connectivity index (χ2n) is 4.03. The molecule has 4 N–H and O–H groups in total. The lowest BCUT2D eigenvalue weighted by molar-refractivity contribution is 0.721. The van der Waals surface area contributed by atoms with Gasteiger partial charge in [0.1, 0.15) is 5.82 Å². The van der Waals surface area contributed by atoms with Crippen molar-refractivity contribution < 1.29 is 0 Å². The number of pyridine rings is 1. The van der Waals surface area contributed by atoms with Gasteiger partial charge in [-0.15, -0.1) is 0 Å². The maximum absolute atomic E-state index is 6.17. The highest BCUT2D eigenvalue weighted by molar-refractivity contribution is 9.10. The number of nitrogens with zero attached hydrogens (tertiary/aromatic N) is 1. The lowest BCUT2D eigenvalue weighted by Gasteiger charge is -2.14. The van der Waals surface area contributed by atoms with Crippen molar-refractivity contribution in [3.05, 3.63) is 57.2 Å². The van der Waals surface area contributed by atoms with E-state index in [0.29, 0.717) is 17.3 Å². The summed E-state index contributed by atoms with van der Waals surface area (Å²) >= 11 is 9.34. The van der Waals surface area contributed by atoms with Gasteiger partial charge in [-0.1, -0.05) is 23.7 Å². The summed E-state index contributed by atoms with van der Waals surface area (Å²) in [6.45, 7) is 0. The van der Waals surface area contributed by atoms with Gasteiger partial charge in [-0.25, -0.2) is 4.98 Å². The second kappa shape index (κ2) is 5.69. The number of nitrogen functional groups attached to an aromatic ring is 1. The van der Waals surface area contributed by atoms with Crippen LogP contribution < -0.4 is 11.5 Å². The normalized spacial score (nSPS) is 12.4. The molecule has 1 unspecified atom stereocenters. The number of benzene rings is 1. The zero-order valence-electron chi connectivity index (χ0n) is 9.61. The van der Waals surface area contributed by atoms with Crippen LogP contribution in [0.25, 0.3) is 0 Å². The van der Waals surface area contributed by atoms with E-state index in [1.165, 1.54) is 0 Å². The van der Waals surface area contributed by atoms with E-state index in [1.54, 1.807) is 6.20 Å². The summed E-state index contributed by atoms with van der Waals surface area (Å²) in [6.07, 6.45) is 2.32. The molecular formula is C13H13BrClN3. The summed E-state index contributed by atoms with van der Waals surface area (Å²) in [5, 5.41) is 0.673. The molecule has 5 heteroatoms. The van der Waals surface area contributed by atoms with Crippen molar-refractivity contribution in [2.75, 3.05) is 5.73 Å². The molecule has 2 rings (SSSR count). The molecule has 1 aromatic heterocycles. The van der Waals surface area contributed by atoms with E-state index in [2.05, 4.69) is 20.9 Å². The highest BCUT2D eigenvalue weighted by atomic mass is 79.9. The summed E-state index contributed by atoms with van der Waals surface area (Å²) in [5.41, 5.74) is 13.9. The minimum atomic E-state index is -0.134. The van der Waals surface area contributed by atoms with Gasteiger partial charge in [-0.3, -0.25) is 0 Å². The van der Waals surface area contributed by atoms with Gasteiger partial charge in [0.25, 0.3) is 0 Å². The predicted octanol–water partition coefficient (Wildman–Crippen LogP) is 3.32. The molecule has 3 nitrogen and oxygen atoms in total. The molecule has 0 saturated heterocycles. The van der Waals surface area contributed by atoms with Gasteiger partial charge in [-0.05, 0) is 51.7 Å². The van der Waals surface area contributed by atoms with Crippen LogP contribution in [0.1, 0.15) is 17.2 Å². The summed E-state index contributed by atoms with van der Waals surface area (Å²) in [7, 11) is 0. The molecule has 0 aliphatic heterocycles. The summed E-state index contributed by atoms with van der Waals surface area (Å²) in [6, 6.07) is 9.34. The smallest absolute Gasteiger partial charge is 0.126 e. The Kier molecular flexibility index (Phi) is 4.22. The SMILES string of the molecule is Nc1ncccc1CC(N)c1ccc(Cl)c(Br)c1. The minimum Gasteiger partial charge on any atom is -0.383 e. The summed E-state index contributed by atoms with van der Waals surface area (Å²) in [4.78, 5) is 4.05. The first-order valence-corrected chi connectivity index (χ1v) is 6.65. The summed E-state index contributed by atoms with van der Waals surface area (Å²) in [5.74, 6) is 0.529. The Morgan fingerprint density at radius 2 is 2.11 bits per heavy atom. The molecular weight excluding hydrogens is 314 g/mol. The largest absolute Gasteiger partial charge is 0.383 e. The number of hydrogen-bond acceptors (Lipinski definition) is 3. The lowest BCUT2D eigenvalue weighted by atomic mass is 10.0. The number of nitrogens with two attached hydrogens (primary N) is 2. The number of halogens is 2. The molecule has 0 radical (unpaired) electrons. The third-order valence-corrected chi connectivity index (χ3v) is 3.95. The Hall–Kier alpha value is -1.10. The molecule has 0 bridgehead atoms. The van der Waals surface area contributed by atoms with E-state index >= 15 is 0 Å². The summed E-state index contributed by atoms with van der Waals surface area (Å²) < 4.78 is 0.844. The first-order valence-electron chi connectivity index (χ1n) is 5.48. The van der Waals surface area contributed by atoms with Crippen molar-refractivity contribution in [2.45, 2.75) is 12.5 Å². The zero-order chi connectivity index (χ0) is 13.1. The van der Waals surface area contributed by atoms with Gasteiger partial charge in [0, 0.05) is 16.7 Å². The van der Waals surface area contributed by atoms with Crippen LogP contribution in [0.4, 0.5) is 5.82 Å². The maximum atomic E-state index is 6.17. The zero-order valence-corrected chi connectivity index (χ0v) is 11.9. The van der Waals surface area contributed by atoms with E-state index in [-0.39, 0.29) is 6.04 Å². The van der Waals surface area contributed by atoms with E-state index in [9.17, 15) is 0 Å². The highest BCUT2D eigenvalue weighted by Gasteiger charge is 2.10. The Labute approximate surface area is 119 Å². The van der Waals surface area contributed by atoms with Gasteiger partial charge in [-0.2, -0.15) is 0 Å². The van der Waals surface area contributed by atoms with E-state index in [1.807, 2.05) is 30.3 Å². The van der Waals surface area contributed by atoms with Crippen LogP contribution in [-0.2, 0) is 6.42 Å². The van der Waals surface area contributed by atoms with Gasteiger partial charge in [0.05, 0.1) is 5.02 Å². The Balaban J connectivity index is 2.19. The van der Waals surface area contributed by atoms with Crippen LogP contribution in [-0.4, -0.2) is 4.98 Å². The topological polar surface area (TPSA) is 64.9 Å². The molecule has 1 heterocycles. The fourth-order valence-corrected chi connectivity index (χ4v) is 2.24. The van der Waals surface area contributed by atoms with Crippen molar-refractivity contribution in [1.82, 2.24) is 4.98 Å². The fourth-order valence-electron chi connectivity index (χ4n) is 1.72. The Morgan fingerprint density at radius 1 is 1.33 bits per heavy atom. The van der Waals surface area contributed by atoms with Crippen molar-refractivity contribution >= 4 is 33.3 Å². The number of hydrogen-bond donors (Lipinski definition) is 2. The Morgan fingerprint density at radius 3 is 2.78 bits per heavy atom. The van der Waals surface area contributed by atoms with Crippen molar-refractivity contribution in [3.63, 3.8) is 0 Å².